The Balaban J connectivity index is 2.33. The standard InChI is InChI=1S/C8H21N2Si/c1-4-6-9-7-8-10(3,5-2)11-9/h4-8,11H2,1-3H3/q+1. The lowest BCUT2D eigenvalue weighted by Gasteiger charge is -2.28. The van der Waals surface area contributed by atoms with Crippen LogP contribution in [-0.4, -0.2) is 51.8 Å². The molecule has 1 heterocycles. The van der Waals surface area contributed by atoms with Crippen LogP contribution in [0.15, 0.2) is 0 Å². The van der Waals surface area contributed by atoms with Crippen LogP contribution in [-0.2, 0) is 0 Å². The molecule has 1 aliphatic rings. The van der Waals surface area contributed by atoms with E-state index in [1.807, 2.05) is 0 Å². The van der Waals surface area contributed by atoms with Crippen molar-refractivity contribution in [2.45, 2.75) is 20.3 Å². The quantitative estimate of drug-likeness (QED) is 0.550. The smallest absolute Gasteiger partial charge is 0.338 e. The lowest BCUT2D eigenvalue weighted by Crippen LogP contribution is -2.45. The Morgan fingerprint density at radius 2 is 2.18 bits per heavy atom. The normalized spacial score (nSPS) is 35.2. The molecule has 1 atom stereocenters. The Morgan fingerprint density at radius 3 is 2.64 bits per heavy atom. The topological polar surface area (TPSA) is 3.24 Å². The van der Waals surface area contributed by atoms with Crippen molar-refractivity contribution in [3.05, 3.63) is 0 Å². The molecule has 0 amide bonds. The maximum atomic E-state index is 2.71. The Morgan fingerprint density at radius 1 is 1.45 bits per heavy atom. The zero-order valence-electron chi connectivity index (χ0n) is 8.14. The first kappa shape index (κ1) is 9.23. The number of hydrogen-bond donors (Lipinski definition) is 0. The summed E-state index contributed by atoms with van der Waals surface area (Å²) in [5.41, 5.74) is 0. The number of nitrogens with zero attached hydrogens (tertiary/aromatic N) is 2. The fourth-order valence-electron chi connectivity index (χ4n) is 1.76. The fourth-order valence-corrected chi connectivity index (χ4v) is 3.95. The summed E-state index contributed by atoms with van der Waals surface area (Å²) in [4.78, 5) is 0. The van der Waals surface area contributed by atoms with E-state index in [1.54, 1.807) is 0 Å². The van der Waals surface area contributed by atoms with E-state index in [4.69, 9.17) is 0 Å². The number of likely N-dealkylation sites (N-methyl/N-ethyl adjacent to an activating group) is 1. The maximum absolute atomic E-state index is 2.71. The van der Waals surface area contributed by atoms with Crippen LogP contribution in [0.3, 0.4) is 0 Å². The molecule has 0 bridgehead atoms. The van der Waals surface area contributed by atoms with Crippen molar-refractivity contribution in [2.24, 2.45) is 0 Å². The second-order valence-electron chi connectivity index (χ2n) is 3.92. The average Bonchev–Trinajstić information content (AvgIpc) is 2.35. The summed E-state index contributed by atoms with van der Waals surface area (Å²) in [6, 6.07) is 0. The maximum Gasteiger partial charge on any atom is 0.338 e. The van der Waals surface area contributed by atoms with Gasteiger partial charge in [0.15, 0.2) is 0 Å². The average molecular weight is 173 g/mol. The number of rotatable bonds is 3. The molecule has 0 spiro atoms. The van der Waals surface area contributed by atoms with Gasteiger partial charge in [0.1, 0.15) is 0 Å². The molecule has 1 saturated heterocycles. The van der Waals surface area contributed by atoms with Gasteiger partial charge >= 0.3 is 9.84 Å². The third kappa shape index (κ3) is 2.29. The van der Waals surface area contributed by atoms with E-state index < -0.39 is 0 Å². The van der Waals surface area contributed by atoms with Gasteiger partial charge in [-0.2, -0.15) is 0 Å². The van der Waals surface area contributed by atoms with Crippen LogP contribution < -0.4 is 0 Å². The van der Waals surface area contributed by atoms with Gasteiger partial charge in [0, 0.05) is 6.54 Å². The summed E-state index contributed by atoms with van der Waals surface area (Å²) >= 11 is 0. The lowest BCUT2D eigenvalue weighted by molar-refractivity contribution is -0.791. The molecule has 0 aromatic rings. The molecule has 1 aliphatic heterocycles. The lowest BCUT2D eigenvalue weighted by atomic mass is 10.4. The SMILES string of the molecule is CCCN1CC[N+](C)(CC)[SiH2]1. The summed E-state index contributed by atoms with van der Waals surface area (Å²) in [7, 11) is 2.45. The summed E-state index contributed by atoms with van der Waals surface area (Å²) in [6.45, 7) is 10.1. The van der Waals surface area contributed by atoms with E-state index in [2.05, 4.69) is 25.5 Å². The second-order valence-corrected chi connectivity index (χ2v) is 6.62. The van der Waals surface area contributed by atoms with Crippen LogP contribution in [0.5, 0.6) is 0 Å². The molecule has 11 heavy (non-hydrogen) atoms. The summed E-state index contributed by atoms with van der Waals surface area (Å²) in [5, 5.41) is 0. The molecule has 1 unspecified atom stereocenters. The second kappa shape index (κ2) is 3.69. The van der Waals surface area contributed by atoms with Crippen LogP contribution >= 0.6 is 0 Å². The minimum atomic E-state index is 0.0346. The highest BCUT2D eigenvalue weighted by atomic mass is 28.2. The van der Waals surface area contributed by atoms with Gasteiger partial charge in [-0.05, 0) is 19.9 Å². The summed E-state index contributed by atoms with van der Waals surface area (Å²) in [6.07, 6.45) is 1.33. The van der Waals surface area contributed by atoms with Crippen molar-refractivity contribution < 1.29 is 4.15 Å². The van der Waals surface area contributed by atoms with Gasteiger partial charge in [-0.25, -0.2) is 0 Å². The van der Waals surface area contributed by atoms with Crippen LogP contribution in [0.4, 0.5) is 0 Å². The Kier molecular flexibility index (Phi) is 3.10. The summed E-state index contributed by atoms with van der Waals surface area (Å²) in [5.74, 6) is 0. The van der Waals surface area contributed by atoms with E-state index in [9.17, 15) is 0 Å². The number of quaternary nitrogens is 1. The van der Waals surface area contributed by atoms with Crippen molar-refractivity contribution >= 4 is 9.84 Å². The highest BCUT2D eigenvalue weighted by molar-refractivity contribution is 6.23. The molecule has 2 nitrogen and oxygen atoms in total. The predicted octanol–water partition coefficient (Wildman–Crippen LogP) is 0.177. The van der Waals surface area contributed by atoms with Crippen molar-refractivity contribution in [3.8, 4) is 0 Å². The molecule has 1 fully saturated rings. The predicted molar refractivity (Wildman–Crippen MR) is 52.0 cm³/mol. The van der Waals surface area contributed by atoms with E-state index >= 15 is 0 Å². The molecular weight excluding hydrogens is 152 g/mol. The molecule has 0 aromatic carbocycles. The third-order valence-corrected chi connectivity index (χ3v) is 5.28. The molecule has 0 aromatic heterocycles. The molecule has 0 saturated carbocycles. The van der Waals surface area contributed by atoms with E-state index in [0.29, 0.717) is 0 Å². The highest BCUT2D eigenvalue weighted by Gasteiger charge is 2.30. The molecule has 0 N–H and O–H groups in total. The first-order valence-corrected chi connectivity index (χ1v) is 6.02. The summed E-state index contributed by atoms with van der Waals surface area (Å²) < 4.78 is 4.10. The van der Waals surface area contributed by atoms with Crippen molar-refractivity contribution in [1.82, 2.24) is 4.57 Å². The van der Waals surface area contributed by atoms with Crippen molar-refractivity contribution in [2.75, 3.05) is 33.2 Å². The first-order chi connectivity index (χ1) is 5.20. The van der Waals surface area contributed by atoms with Gasteiger partial charge in [0.25, 0.3) is 0 Å². The fraction of sp³-hybridized carbons (Fsp3) is 1.00. The minimum absolute atomic E-state index is 0.0346. The zero-order chi connectivity index (χ0) is 8.32. The van der Waals surface area contributed by atoms with Crippen LogP contribution in [0.2, 0.25) is 0 Å². The van der Waals surface area contributed by atoms with Gasteiger partial charge in [-0.1, -0.05) is 6.92 Å². The molecule has 0 aliphatic carbocycles. The van der Waals surface area contributed by atoms with Gasteiger partial charge in [0.2, 0.25) is 0 Å². The van der Waals surface area contributed by atoms with Gasteiger partial charge < -0.3 is 4.15 Å². The Hall–Kier alpha value is 0.137. The van der Waals surface area contributed by atoms with E-state index in [1.165, 1.54) is 36.7 Å². The van der Waals surface area contributed by atoms with Gasteiger partial charge in [0.05, 0.1) is 20.1 Å². The monoisotopic (exact) mass is 173 g/mol. The van der Waals surface area contributed by atoms with Crippen molar-refractivity contribution in [3.63, 3.8) is 0 Å². The van der Waals surface area contributed by atoms with E-state index in [-0.39, 0.29) is 9.84 Å². The first-order valence-electron chi connectivity index (χ1n) is 4.76. The Labute approximate surface area is 72.8 Å². The molecule has 1 rings (SSSR count). The van der Waals surface area contributed by atoms with Crippen LogP contribution in [0.1, 0.15) is 20.3 Å². The van der Waals surface area contributed by atoms with E-state index in [0.717, 1.165) is 0 Å². The van der Waals surface area contributed by atoms with Crippen LogP contribution in [0, 0.1) is 0 Å². The molecule has 3 heteroatoms. The molecular formula is C8H21N2Si+. The van der Waals surface area contributed by atoms with Gasteiger partial charge in [-0.15, -0.1) is 0 Å². The largest absolute Gasteiger partial charge is 0.377 e. The zero-order valence-corrected chi connectivity index (χ0v) is 9.55. The van der Waals surface area contributed by atoms with Crippen molar-refractivity contribution in [1.29, 1.82) is 0 Å². The van der Waals surface area contributed by atoms with Crippen LogP contribution in [0.25, 0.3) is 0 Å². The highest BCUT2D eigenvalue weighted by Crippen LogP contribution is 2.10. The molecule has 0 radical (unpaired) electrons. The van der Waals surface area contributed by atoms with Gasteiger partial charge in [-0.3, -0.25) is 4.57 Å². The Bertz CT molecular complexity index is 129. The minimum Gasteiger partial charge on any atom is -0.377 e. The number of hydrogen-bond acceptors (Lipinski definition) is 1. The molecule has 66 valence electrons. The third-order valence-electron chi connectivity index (χ3n) is 2.80.